The summed E-state index contributed by atoms with van der Waals surface area (Å²) < 4.78 is 0. The molecule has 18 heavy (non-hydrogen) atoms. The van der Waals surface area contributed by atoms with Gasteiger partial charge in [-0.15, -0.1) is 0 Å². The highest BCUT2D eigenvalue weighted by molar-refractivity contribution is 5.16. The molecule has 1 aliphatic heterocycles. The normalized spacial score (nSPS) is 37.2. The van der Waals surface area contributed by atoms with Crippen LogP contribution < -0.4 is 0 Å². The molecule has 0 aromatic heterocycles. The summed E-state index contributed by atoms with van der Waals surface area (Å²) in [6, 6.07) is 1.59. The van der Waals surface area contributed by atoms with Crippen LogP contribution in [0.1, 0.15) is 48.0 Å². The number of hydrogen-bond donors (Lipinski definition) is 0. The fourth-order valence-electron chi connectivity index (χ4n) is 4.26. The lowest BCUT2D eigenvalue weighted by molar-refractivity contribution is 0.00935. The van der Waals surface area contributed by atoms with Gasteiger partial charge < -0.3 is 4.90 Å². The molecule has 0 radical (unpaired) electrons. The Bertz CT molecular complexity index is 308. The van der Waals surface area contributed by atoms with Crippen molar-refractivity contribution in [3.05, 3.63) is 0 Å². The van der Waals surface area contributed by atoms with Crippen LogP contribution in [-0.2, 0) is 0 Å². The average molecular weight is 252 g/mol. The van der Waals surface area contributed by atoms with E-state index in [1.807, 2.05) is 0 Å². The number of fused-ring (bicyclic) bond motifs is 1. The number of hydrogen-bond acceptors (Lipinski definition) is 2. The highest BCUT2D eigenvalue weighted by Crippen LogP contribution is 2.58. The third kappa shape index (κ3) is 2.46. The van der Waals surface area contributed by atoms with E-state index in [0.717, 1.165) is 23.9 Å². The standard InChI is InChI=1S/C16H32N2/c1-15(2,3)14-12(10-17(7)8)11-9-13(11)18(14)16(4,5)6/h11-14H,9-10H2,1-8H3/t11-,12?,13-,14+/m1/s1. The van der Waals surface area contributed by atoms with Gasteiger partial charge in [0, 0.05) is 24.2 Å². The summed E-state index contributed by atoms with van der Waals surface area (Å²) in [6.45, 7) is 15.7. The molecule has 1 aliphatic carbocycles. The van der Waals surface area contributed by atoms with Gasteiger partial charge in [0.1, 0.15) is 0 Å². The highest BCUT2D eigenvalue weighted by Gasteiger charge is 2.62. The van der Waals surface area contributed by atoms with Gasteiger partial charge in [0.2, 0.25) is 0 Å². The lowest BCUT2D eigenvalue weighted by atomic mass is 9.76. The molecule has 0 N–H and O–H groups in total. The predicted octanol–water partition coefficient (Wildman–Crippen LogP) is 3.08. The van der Waals surface area contributed by atoms with Crippen LogP contribution in [-0.4, -0.2) is 48.1 Å². The molecule has 0 spiro atoms. The van der Waals surface area contributed by atoms with E-state index in [2.05, 4.69) is 65.4 Å². The van der Waals surface area contributed by atoms with Crippen LogP contribution >= 0.6 is 0 Å². The number of rotatable bonds is 2. The molecule has 2 rings (SSSR count). The van der Waals surface area contributed by atoms with Gasteiger partial charge in [-0.2, -0.15) is 0 Å². The Kier molecular flexibility index (Phi) is 3.35. The molecular weight excluding hydrogens is 220 g/mol. The Hall–Kier alpha value is -0.0800. The molecule has 106 valence electrons. The van der Waals surface area contributed by atoms with Crippen LogP contribution in [0.3, 0.4) is 0 Å². The maximum atomic E-state index is 2.84. The van der Waals surface area contributed by atoms with Crippen molar-refractivity contribution < 1.29 is 0 Å². The van der Waals surface area contributed by atoms with Crippen LogP contribution in [0, 0.1) is 17.3 Å². The zero-order chi connectivity index (χ0) is 13.9. The third-order valence-corrected chi connectivity index (χ3v) is 4.66. The van der Waals surface area contributed by atoms with Crippen molar-refractivity contribution >= 4 is 0 Å². The molecule has 1 saturated carbocycles. The van der Waals surface area contributed by atoms with E-state index in [-0.39, 0.29) is 0 Å². The van der Waals surface area contributed by atoms with Crippen LogP contribution in [0.4, 0.5) is 0 Å². The Morgan fingerprint density at radius 2 is 1.61 bits per heavy atom. The quantitative estimate of drug-likeness (QED) is 0.745. The molecule has 0 aromatic carbocycles. The first-order chi connectivity index (χ1) is 8.03. The smallest absolute Gasteiger partial charge is 0.0196 e. The minimum Gasteiger partial charge on any atom is -0.309 e. The summed E-state index contributed by atoms with van der Waals surface area (Å²) in [5.74, 6) is 1.81. The summed E-state index contributed by atoms with van der Waals surface area (Å²) >= 11 is 0. The Balaban J connectivity index is 2.27. The van der Waals surface area contributed by atoms with E-state index in [0.29, 0.717) is 11.0 Å². The molecule has 2 fully saturated rings. The summed E-state index contributed by atoms with van der Waals surface area (Å²) in [4.78, 5) is 5.22. The molecule has 2 aliphatic rings. The van der Waals surface area contributed by atoms with Gasteiger partial charge in [0.15, 0.2) is 0 Å². The van der Waals surface area contributed by atoms with Crippen molar-refractivity contribution in [2.24, 2.45) is 17.3 Å². The van der Waals surface area contributed by atoms with Gasteiger partial charge in [0.25, 0.3) is 0 Å². The van der Waals surface area contributed by atoms with E-state index in [9.17, 15) is 0 Å². The Labute approximate surface area is 114 Å². The zero-order valence-electron chi connectivity index (χ0n) is 13.6. The van der Waals surface area contributed by atoms with Crippen LogP contribution in [0.5, 0.6) is 0 Å². The maximum Gasteiger partial charge on any atom is 0.0196 e. The third-order valence-electron chi connectivity index (χ3n) is 4.66. The maximum absolute atomic E-state index is 2.84. The predicted molar refractivity (Wildman–Crippen MR) is 78.8 cm³/mol. The van der Waals surface area contributed by atoms with Gasteiger partial charge in [-0.1, -0.05) is 20.8 Å². The van der Waals surface area contributed by atoms with Crippen LogP contribution in [0.15, 0.2) is 0 Å². The second-order valence-electron chi connectivity index (χ2n) is 8.78. The molecule has 2 nitrogen and oxygen atoms in total. The molecule has 0 bridgehead atoms. The lowest BCUT2D eigenvalue weighted by Gasteiger charge is -2.47. The topological polar surface area (TPSA) is 6.48 Å². The van der Waals surface area contributed by atoms with Crippen molar-refractivity contribution in [1.82, 2.24) is 9.80 Å². The molecule has 1 heterocycles. The van der Waals surface area contributed by atoms with E-state index in [1.54, 1.807) is 0 Å². The largest absolute Gasteiger partial charge is 0.309 e. The van der Waals surface area contributed by atoms with Crippen molar-refractivity contribution in [3.63, 3.8) is 0 Å². The minimum absolute atomic E-state index is 0.304. The second-order valence-corrected chi connectivity index (χ2v) is 8.78. The monoisotopic (exact) mass is 252 g/mol. The Morgan fingerprint density at radius 1 is 1.06 bits per heavy atom. The van der Waals surface area contributed by atoms with Crippen molar-refractivity contribution in [2.45, 2.75) is 65.6 Å². The number of likely N-dealkylation sites (tertiary alicyclic amines) is 1. The Morgan fingerprint density at radius 3 is 2.00 bits per heavy atom. The van der Waals surface area contributed by atoms with E-state index < -0.39 is 0 Å². The van der Waals surface area contributed by atoms with Crippen molar-refractivity contribution in [2.75, 3.05) is 20.6 Å². The van der Waals surface area contributed by atoms with E-state index in [4.69, 9.17) is 0 Å². The average Bonchev–Trinajstić information content (AvgIpc) is 2.80. The highest BCUT2D eigenvalue weighted by atomic mass is 15.3. The van der Waals surface area contributed by atoms with Gasteiger partial charge in [-0.3, -0.25) is 4.90 Å². The fourth-order valence-corrected chi connectivity index (χ4v) is 4.26. The SMILES string of the molecule is CN(C)CC1[C@H]2C[C@H]2N(C(C)(C)C)[C@@H]1C(C)(C)C. The zero-order valence-corrected chi connectivity index (χ0v) is 13.6. The number of piperidine rings is 1. The summed E-state index contributed by atoms with van der Waals surface area (Å²) in [7, 11) is 4.44. The van der Waals surface area contributed by atoms with Gasteiger partial charge >= 0.3 is 0 Å². The van der Waals surface area contributed by atoms with Gasteiger partial charge in [-0.25, -0.2) is 0 Å². The molecule has 0 amide bonds. The first-order valence-electron chi connectivity index (χ1n) is 7.46. The molecule has 1 unspecified atom stereocenters. The van der Waals surface area contributed by atoms with Crippen molar-refractivity contribution in [1.29, 1.82) is 0 Å². The summed E-state index contributed by atoms with van der Waals surface area (Å²) in [5.41, 5.74) is 0.680. The molecule has 1 saturated heterocycles. The molecule has 0 aromatic rings. The first kappa shape index (κ1) is 14.3. The van der Waals surface area contributed by atoms with Crippen LogP contribution in [0.2, 0.25) is 0 Å². The molecule has 2 heteroatoms. The van der Waals surface area contributed by atoms with E-state index >= 15 is 0 Å². The minimum atomic E-state index is 0.304. The second kappa shape index (κ2) is 4.21. The van der Waals surface area contributed by atoms with Gasteiger partial charge in [0.05, 0.1) is 0 Å². The van der Waals surface area contributed by atoms with Gasteiger partial charge in [-0.05, 0) is 58.5 Å². The van der Waals surface area contributed by atoms with Crippen molar-refractivity contribution in [3.8, 4) is 0 Å². The van der Waals surface area contributed by atoms with E-state index in [1.165, 1.54) is 13.0 Å². The molecular formula is C16H32N2. The fraction of sp³-hybridized carbons (Fsp3) is 1.00. The van der Waals surface area contributed by atoms with Crippen LogP contribution in [0.25, 0.3) is 0 Å². The first-order valence-corrected chi connectivity index (χ1v) is 7.46. The summed E-state index contributed by atoms with van der Waals surface area (Å²) in [5, 5.41) is 0. The lowest BCUT2D eigenvalue weighted by Crippen LogP contribution is -2.55. The number of nitrogens with zero attached hydrogens (tertiary/aromatic N) is 2. The summed E-state index contributed by atoms with van der Waals surface area (Å²) in [6.07, 6.45) is 1.43. The molecule has 4 atom stereocenters.